The van der Waals surface area contributed by atoms with Crippen molar-refractivity contribution >= 4 is 5.91 Å². The van der Waals surface area contributed by atoms with E-state index in [-0.39, 0.29) is 11.8 Å². The van der Waals surface area contributed by atoms with E-state index < -0.39 is 0 Å². The quantitative estimate of drug-likeness (QED) is 0.403. The summed E-state index contributed by atoms with van der Waals surface area (Å²) in [6.07, 6.45) is 14.1. The zero-order chi connectivity index (χ0) is 17.5. The van der Waals surface area contributed by atoms with E-state index in [1.807, 2.05) is 30.3 Å². The summed E-state index contributed by atoms with van der Waals surface area (Å²) in [5, 5.41) is 3.12. The molecule has 1 rings (SSSR count). The van der Waals surface area contributed by atoms with Crippen LogP contribution in [-0.2, 0) is 4.79 Å². The first-order chi connectivity index (χ1) is 11.8. The molecule has 1 amide bonds. The standard InChI is InChI=1S/C22H37NO/c1-3-5-6-7-8-9-10-11-12-16-19-23-22(24)21(4-2)20-17-14-13-15-18-20/h13-15,17-18,21H,3-12,16,19H2,1-2H3,(H,23,24). The lowest BCUT2D eigenvalue weighted by molar-refractivity contribution is -0.122. The first-order valence-electron chi connectivity index (χ1n) is 10.1. The van der Waals surface area contributed by atoms with Crippen LogP contribution in [0.4, 0.5) is 0 Å². The number of benzene rings is 1. The number of carbonyl (C=O) groups is 1. The van der Waals surface area contributed by atoms with Crippen LogP contribution in [0.1, 0.15) is 96.0 Å². The van der Waals surface area contributed by atoms with Gasteiger partial charge in [0, 0.05) is 6.54 Å². The maximum atomic E-state index is 12.3. The average Bonchev–Trinajstić information content (AvgIpc) is 2.61. The smallest absolute Gasteiger partial charge is 0.227 e. The molecule has 1 aromatic carbocycles. The normalized spacial score (nSPS) is 12.1. The van der Waals surface area contributed by atoms with Gasteiger partial charge in [-0.2, -0.15) is 0 Å². The number of hydrogen-bond acceptors (Lipinski definition) is 1. The van der Waals surface area contributed by atoms with Crippen molar-refractivity contribution in [1.82, 2.24) is 5.32 Å². The fourth-order valence-electron chi connectivity index (χ4n) is 3.21. The number of rotatable bonds is 14. The topological polar surface area (TPSA) is 29.1 Å². The Labute approximate surface area is 149 Å². The molecule has 0 radical (unpaired) electrons. The molecule has 0 aliphatic heterocycles. The van der Waals surface area contributed by atoms with E-state index in [0.717, 1.165) is 24.9 Å². The molecular weight excluding hydrogens is 294 g/mol. The molecule has 0 aromatic heterocycles. The third-order valence-electron chi connectivity index (χ3n) is 4.76. The first kappa shape index (κ1) is 20.7. The molecule has 1 aromatic rings. The van der Waals surface area contributed by atoms with E-state index in [4.69, 9.17) is 0 Å². The number of hydrogen-bond donors (Lipinski definition) is 1. The Bertz CT molecular complexity index is 415. The number of carbonyl (C=O) groups excluding carboxylic acids is 1. The second-order valence-electron chi connectivity index (χ2n) is 6.84. The highest BCUT2D eigenvalue weighted by Crippen LogP contribution is 2.19. The number of unbranched alkanes of at least 4 members (excludes halogenated alkanes) is 9. The van der Waals surface area contributed by atoms with Crippen molar-refractivity contribution in [2.75, 3.05) is 6.54 Å². The van der Waals surface area contributed by atoms with Gasteiger partial charge >= 0.3 is 0 Å². The van der Waals surface area contributed by atoms with Gasteiger partial charge < -0.3 is 5.32 Å². The second-order valence-corrected chi connectivity index (χ2v) is 6.84. The monoisotopic (exact) mass is 331 g/mol. The van der Waals surface area contributed by atoms with E-state index in [0.29, 0.717) is 0 Å². The van der Waals surface area contributed by atoms with Crippen molar-refractivity contribution in [3.05, 3.63) is 35.9 Å². The minimum Gasteiger partial charge on any atom is -0.356 e. The van der Waals surface area contributed by atoms with Gasteiger partial charge in [-0.3, -0.25) is 4.79 Å². The maximum absolute atomic E-state index is 12.3. The SMILES string of the molecule is CCCCCCCCCCCCNC(=O)C(CC)c1ccccc1. The van der Waals surface area contributed by atoms with Crippen molar-refractivity contribution in [2.45, 2.75) is 90.4 Å². The van der Waals surface area contributed by atoms with Crippen LogP contribution < -0.4 is 5.32 Å². The molecule has 0 aliphatic rings. The van der Waals surface area contributed by atoms with Crippen LogP contribution in [0.2, 0.25) is 0 Å². The van der Waals surface area contributed by atoms with Crippen LogP contribution in [0.3, 0.4) is 0 Å². The van der Waals surface area contributed by atoms with Gasteiger partial charge in [-0.15, -0.1) is 0 Å². The van der Waals surface area contributed by atoms with Crippen LogP contribution in [0.15, 0.2) is 30.3 Å². The summed E-state index contributed by atoms with van der Waals surface area (Å²) in [7, 11) is 0. The fourth-order valence-corrected chi connectivity index (χ4v) is 3.21. The van der Waals surface area contributed by atoms with Crippen LogP contribution in [0, 0.1) is 0 Å². The highest BCUT2D eigenvalue weighted by atomic mass is 16.1. The molecule has 0 fully saturated rings. The summed E-state index contributed by atoms with van der Waals surface area (Å²) < 4.78 is 0. The summed E-state index contributed by atoms with van der Waals surface area (Å²) >= 11 is 0. The van der Waals surface area contributed by atoms with Crippen LogP contribution in [0.5, 0.6) is 0 Å². The Balaban J connectivity index is 2.03. The third-order valence-corrected chi connectivity index (χ3v) is 4.76. The van der Waals surface area contributed by atoms with E-state index in [9.17, 15) is 4.79 Å². The summed E-state index contributed by atoms with van der Waals surface area (Å²) in [5.74, 6) is 0.175. The summed E-state index contributed by atoms with van der Waals surface area (Å²) in [6.45, 7) is 5.16. The first-order valence-corrected chi connectivity index (χ1v) is 10.1. The number of nitrogens with one attached hydrogen (secondary N) is 1. The summed E-state index contributed by atoms with van der Waals surface area (Å²) in [5.41, 5.74) is 1.13. The Kier molecular flexibility index (Phi) is 12.2. The molecule has 24 heavy (non-hydrogen) atoms. The lowest BCUT2D eigenvalue weighted by atomic mass is 9.95. The number of amides is 1. The Morgan fingerprint density at radius 3 is 1.92 bits per heavy atom. The van der Waals surface area contributed by atoms with Gasteiger partial charge in [0.1, 0.15) is 0 Å². The van der Waals surface area contributed by atoms with Crippen molar-refractivity contribution < 1.29 is 4.79 Å². The molecule has 0 bridgehead atoms. The summed E-state index contributed by atoms with van der Waals surface area (Å²) in [6, 6.07) is 10.1. The Morgan fingerprint density at radius 2 is 1.38 bits per heavy atom. The second kappa shape index (κ2) is 14.1. The van der Waals surface area contributed by atoms with Gasteiger partial charge in [0.05, 0.1) is 5.92 Å². The molecule has 0 saturated heterocycles. The molecule has 1 unspecified atom stereocenters. The van der Waals surface area contributed by atoms with E-state index in [2.05, 4.69) is 19.2 Å². The molecule has 2 heteroatoms. The minimum atomic E-state index is -0.00526. The van der Waals surface area contributed by atoms with Gasteiger partial charge in [-0.05, 0) is 18.4 Å². The van der Waals surface area contributed by atoms with Gasteiger partial charge in [-0.1, -0.05) is 102 Å². The zero-order valence-corrected chi connectivity index (χ0v) is 15.9. The van der Waals surface area contributed by atoms with E-state index in [1.54, 1.807) is 0 Å². The van der Waals surface area contributed by atoms with Gasteiger partial charge in [0.15, 0.2) is 0 Å². The lowest BCUT2D eigenvalue weighted by Crippen LogP contribution is -2.29. The average molecular weight is 332 g/mol. The zero-order valence-electron chi connectivity index (χ0n) is 15.9. The highest BCUT2D eigenvalue weighted by molar-refractivity contribution is 5.83. The third kappa shape index (κ3) is 9.10. The summed E-state index contributed by atoms with van der Waals surface area (Å²) in [4.78, 5) is 12.3. The molecule has 0 heterocycles. The highest BCUT2D eigenvalue weighted by Gasteiger charge is 2.17. The molecule has 0 aliphatic carbocycles. The molecular formula is C22H37NO. The van der Waals surface area contributed by atoms with Gasteiger partial charge in [0.2, 0.25) is 5.91 Å². The van der Waals surface area contributed by atoms with Crippen molar-refractivity contribution in [3.63, 3.8) is 0 Å². The van der Waals surface area contributed by atoms with Crippen molar-refractivity contribution in [1.29, 1.82) is 0 Å². The molecule has 0 spiro atoms. The van der Waals surface area contributed by atoms with Crippen molar-refractivity contribution in [2.24, 2.45) is 0 Å². The van der Waals surface area contributed by atoms with E-state index >= 15 is 0 Å². The van der Waals surface area contributed by atoms with Crippen LogP contribution >= 0.6 is 0 Å². The molecule has 1 N–H and O–H groups in total. The Morgan fingerprint density at radius 1 is 0.833 bits per heavy atom. The largest absolute Gasteiger partial charge is 0.356 e. The van der Waals surface area contributed by atoms with E-state index in [1.165, 1.54) is 57.8 Å². The van der Waals surface area contributed by atoms with Gasteiger partial charge in [0.25, 0.3) is 0 Å². The molecule has 0 saturated carbocycles. The molecule has 1 atom stereocenters. The predicted molar refractivity (Wildman–Crippen MR) is 104 cm³/mol. The minimum absolute atomic E-state index is 0.00526. The van der Waals surface area contributed by atoms with Crippen LogP contribution in [-0.4, -0.2) is 12.5 Å². The molecule has 2 nitrogen and oxygen atoms in total. The van der Waals surface area contributed by atoms with Gasteiger partial charge in [-0.25, -0.2) is 0 Å². The molecule has 136 valence electrons. The Hall–Kier alpha value is -1.31. The van der Waals surface area contributed by atoms with Crippen LogP contribution in [0.25, 0.3) is 0 Å². The van der Waals surface area contributed by atoms with Crippen molar-refractivity contribution in [3.8, 4) is 0 Å². The lowest BCUT2D eigenvalue weighted by Gasteiger charge is -2.15. The maximum Gasteiger partial charge on any atom is 0.227 e. The fraction of sp³-hybridized carbons (Fsp3) is 0.682. The predicted octanol–water partition coefficient (Wildman–Crippen LogP) is 6.22.